The molecule has 106 valence electrons. The number of sulfonamides is 1. The Kier molecular flexibility index (Phi) is 4.32. The smallest absolute Gasteiger partial charge is 0.238 e. The quantitative estimate of drug-likeness (QED) is 0.911. The molecule has 0 radical (unpaired) electrons. The molecule has 0 saturated carbocycles. The van der Waals surface area contributed by atoms with E-state index in [1.54, 1.807) is 12.1 Å². The summed E-state index contributed by atoms with van der Waals surface area (Å²) in [5.74, 6) is 0. The number of nitrogens with two attached hydrogens (primary N) is 1. The van der Waals surface area contributed by atoms with E-state index in [2.05, 4.69) is 5.32 Å². The highest BCUT2D eigenvalue weighted by Crippen LogP contribution is 2.25. The van der Waals surface area contributed by atoms with Crippen molar-refractivity contribution < 1.29 is 8.42 Å². The zero-order chi connectivity index (χ0) is 14.8. The Balaban J connectivity index is 2.17. The molecule has 0 bridgehead atoms. The first-order valence-electron chi connectivity index (χ1n) is 6.02. The van der Waals surface area contributed by atoms with Crippen LogP contribution in [0.15, 0.2) is 53.4 Å². The molecule has 2 aromatic rings. The van der Waals surface area contributed by atoms with Gasteiger partial charge in [0.1, 0.15) is 0 Å². The maximum Gasteiger partial charge on any atom is 0.238 e. The first-order chi connectivity index (χ1) is 9.38. The summed E-state index contributed by atoms with van der Waals surface area (Å²) in [6, 6.07) is 13.9. The lowest BCUT2D eigenvalue weighted by atomic mass is 10.1. The summed E-state index contributed by atoms with van der Waals surface area (Å²) in [5, 5.41) is 9.00. The number of nitrogens with one attached hydrogen (secondary N) is 1. The van der Waals surface area contributed by atoms with Gasteiger partial charge in [0.15, 0.2) is 0 Å². The first-order valence-corrected chi connectivity index (χ1v) is 7.94. The molecule has 0 aliphatic rings. The summed E-state index contributed by atoms with van der Waals surface area (Å²) >= 11 is 6.13. The van der Waals surface area contributed by atoms with Gasteiger partial charge in [-0.05, 0) is 42.8 Å². The van der Waals surface area contributed by atoms with Gasteiger partial charge in [-0.1, -0.05) is 29.8 Å². The number of benzene rings is 2. The van der Waals surface area contributed by atoms with Gasteiger partial charge < -0.3 is 5.32 Å². The second-order valence-electron chi connectivity index (χ2n) is 4.46. The third-order valence-corrected chi connectivity index (χ3v) is 4.21. The standard InChI is InChI=1S/C14H15ClN2O2S/c1-10(13-4-2-3-5-14(13)15)17-11-6-8-12(9-7-11)20(16,18)19/h2-10,17H,1H3,(H2,16,18,19). The van der Waals surface area contributed by atoms with Crippen molar-refractivity contribution in [3.05, 3.63) is 59.1 Å². The summed E-state index contributed by atoms with van der Waals surface area (Å²) in [6.45, 7) is 1.98. The van der Waals surface area contributed by atoms with Crippen molar-refractivity contribution in [3.63, 3.8) is 0 Å². The van der Waals surface area contributed by atoms with Crippen molar-refractivity contribution in [2.75, 3.05) is 5.32 Å². The molecule has 0 heterocycles. The van der Waals surface area contributed by atoms with Crippen LogP contribution in [0.4, 0.5) is 5.69 Å². The molecule has 0 aliphatic heterocycles. The predicted octanol–water partition coefficient (Wildman–Crippen LogP) is 3.16. The normalized spacial score (nSPS) is 12.9. The summed E-state index contributed by atoms with van der Waals surface area (Å²) in [6.07, 6.45) is 0. The zero-order valence-electron chi connectivity index (χ0n) is 10.9. The van der Waals surface area contributed by atoms with Crippen LogP contribution in [-0.4, -0.2) is 8.42 Å². The monoisotopic (exact) mass is 310 g/mol. The van der Waals surface area contributed by atoms with Gasteiger partial charge in [0, 0.05) is 16.8 Å². The van der Waals surface area contributed by atoms with Crippen molar-refractivity contribution in [2.45, 2.75) is 17.9 Å². The van der Waals surface area contributed by atoms with Gasteiger partial charge in [-0.3, -0.25) is 0 Å². The lowest BCUT2D eigenvalue weighted by Gasteiger charge is -2.17. The Hall–Kier alpha value is -1.56. The van der Waals surface area contributed by atoms with Crippen LogP contribution in [0, 0.1) is 0 Å². The third kappa shape index (κ3) is 3.50. The molecule has 0 aromatic heterocycles. The van der Waals surface area contributed by atoms with Crippen molar-refractivity contribution >= 4 is 27.3 Å². The molecule has 0 fully saturated rings. The summed E-state index contributed by atoms with van der Waals surface area (Å²) in [5.41, 5.74) is 1.77. The van der Waals surface area contributed by atoms with E-state index < -0.39 is 10.0 Å². The van der Waals surface area contributed by atoms with Crippen LogP contribution < -0.4 is 10.5 Å². The van der Waals surface area contributed by atoms with Crippen LogP contribution in [-0.2, 0) is 10.0 Å². The minimum absolute atomic E-state index is 0.00373. The summed E-state index contributed by atoms with van der Waals surface area (Å²) in [7, 11) is -3.66. The third-order valence-electron chi connectivity index (χ3n) is 2.94. The lowest BCUT2D eigenvalue weighted by Crippen LogP contribution is -2.12. The van der Waals surface area contributed by atoms with Gasteiger partial charge in [0.25, 0.3) is 0 Å². The fourth-order valence-electron chi connectivity index (χ4n) is 1.89. The number of hydrogen-bond donors (Lipinski definition) is 2. The van der Waals surface area contributed by atoms with Gasteiger partial charge in [-0.15, -0.1) is 0 Å². The van der Waals surface area contributed by atoms with Crippen molar-refractivity contribution in [1.29, 1.82) is 0 Å². The number of halogens is 1. The average molecular weight is 311 g/mol. The number of anilines is 1. The second-order valence-corrected chi connectivity index (χ2v) is 6.43. The number of hydrogen-bond acceptors (Lipinski definition) is 3. The lowest BCUT2D eigenvalue weighted by molar-refractivity contribution is 0.598. The summed E-state index contributed by atoms with van der Waals surface area (Å²) in [4.78, 5) is 0.0912. The number of primary sulfonamides is 1. The minimum atomic E-state index is -3.66. The minimum Gasteiger partial charge on any atom is -0.378 e. The Morgan fingerprint density at radius 2 is 1.70 bits per heavy atom. The highest BCUT2D eigenvalue weighted by molar-refractivity contribution is 7.89. The first kappa shape index (κ1) is 14.8. The molecule has 1 atom stereocenters. The van der Waals surface area contributed by atoms with Crippen molar-refractivity contribution in [1.82, 2.24) is 0 Å². The highest BCUT2D eigenvalue weighted by Gasteiger charge is 2.10. The van der Waals surface area contributed by atoms with Crippen LogP contribution in [0.5, 0.6) is 0 Å². The number of rotatable bonds is 4. The van der Waals surface area contributed by atoms with Gasteiger partial charge >= 0.3 is 0 Å². The van der Waals surface area contributed by atoms with E-state index in [4.69, 9.17) is 16.7 Å². The molecular formula is C14H15ClN2O2S. The van der Waals surface area contributed by atoms with Gasteiger partial charge in [0.2, 0.25) is 10.0 Å². The molecule has 1 unspecified atom stereocenters. The average Bonchev–Trinajstić information content (AvgIpc) is 2.38. The molecule has 4 nitrogen and oxygen atoms in total. The molecule has 0 amide bonds. The summed E-state index contributed by atoms with van der Waals surface area (Å²) < 4.78 is 22.3. The molecular weight excluding hydrogens is 296 g/mol. The Morgan fingerprint density at radius 1 is 1.10 bits per heavy atom. The van der Waals surface area contributed by atoms with Gasteiger partial charge in [0.05, 0.1) is 4.90 Å². The Bertz CT molecular complexity index is 699. The zero-order valence-corrected chi connectivity index (χ0v) is 12.4. The van der Waals surface area contributed by atoms with E-state index in [1.807, 2.05) is 31.2 Å². The van der Waals surface area contributed by atoms with E-state index in [0.29, 0.717) is 5.02 Å². The molecule has 0 spiro atoms. The molecule has 0 saturated heterocycles. The molecule has 6 heteroatoms. The highest BCUT2D eigenvalue weighted by atomic mass is 35.5. The van der Waals surface area contributed by atoms with Gasteiger partial charge in [-0.25, -0.2) is 13.6 Å². The van der Waals surface area contributed by atoms with Crippen LogP contribution >= 0.6 is 11.6 Å². The molecule has 2 aromatic carbocycles. The van der Waals surface area contributed by atoms with Crippen molar-refractivity contribution in [2.24, 2.45) is 5.14 Å². The largest absolute Gasteiger partial charge is 0.378 e. The van der Waals surface area contributed by atoms with E-state index in [-0.39, 0.29) is 10.9 Å². The Labute approximate surface area is 123 Å². The maximum atomic E-state index is 11.2. The molecule has 20 heavy (non-hydrogen) atoms. The molecule has 2 rings (SSSR count). The fourth-order valence-corrected chi connectivity index (χ4v) is 2.71. The Morgan fingerprint density at radius 3 is 2.25 bits per heavy atom. The predicted molar refractivity (Wildman–Crippen MR) is 81.3 cm³/mol. The second kappa shape index (κ2) is 5.83. The van der Waals surface area contributed by atoms with Crippen LogP contribution in [0.25, 0.3) is 0 Å². The van der Waals surface area contributed by atoms with E-state index in [0.717, 1.165) is 11.3 Å². The van der Waals surface area contributed by atoms with Crippen molar-refractivity contribution in [3.8, 4) is 0 Å². The topological polar surface area (TPSA) is 72.2 Å². The fraction of sp³-hybridized carbons (Fsp3) is 0.143. The van der Waals surface area contributed by atoms with Gasteiger partial charge in [-0.2, -0.15) is 0 Å². The van der Waals surface area contributed by atoms with E-state index >= 15 is 0 Å². The SMILES string of the molecule is CC(Nc1ccc(S(N)(=O)=O)cc1)c1ccccc1Cl. The van der Waals surface area contributed by atoms with Crippen LogP contribution in [0.3, 0.4) is 0 Å². The van der Waals surface area contributed by atoms with Crippen LogP contribution in [0.1, 0.15) is 18.5 Å². The van der Waals surface area contributed by atoms with E-state index in [9.17, 15) is 8.42 Å². The van der Waals surface area contributed by atoms with E-state index in [1.165, 1.54) is 12.1 Å². The van der Waals surface area contributed by atoms with Crippen LogP contribution in [0.2, 0.25) is 5.02 Å². The molecule has 3 N–H and O–H groups in total. The molecule has 0 aliphatic carbocycles. The maximum absolute atomic E-state index is 11.2.